The first-order chi connectivity index (χ1) is 13.1. The summed E-state index contributed by atoms with van der Waals surface area (Å²) in [6, 6.07) is 9.78. The Hall–Kier alpha value is -1.85. The first kappa shape index (κ1) is 18.5. The van der Waals surface area contributed by atoms with Crippen LogP contribution in [0.3, 0.4) is 0 Å². The molecule has 1 N–H and O–H groups in total. The van der Waals surface area contributed by atoms with Gasteiger partial charge in [-0.2, -0.15) is 5.10 Å². The second kappa shape index (κ2) is 8.03. The smallest absolute Gasteiger partial charge is 0.261 e. The van der Waals surface area contributed by atoms with Gasteiger partial charge in [0, 0.05) is 17.0 Å². The maximum absolute atomic E-state index is 12.6. The molecule has 142 valence electrons. The van der Waals surface area contributed by atoms with Crippen LogP contribution < -0.4 is 5.32 Å². The minimum atomic E-state index is 0.0328. The molecule has 1 aliphatic carbocycles. The number of aromatic nitrogens is 2. The van der Waals surface area contributed by atoms with Crippen molar-refractivity contribution in [2.75, 3.05) is 6.54 Å². The summed E-state index contributed by atoms with van der Waals surface area (Å²) in [7, 11) is 0. The van der Waals surface area contributed by atoms with Gasteiger partial charge >= 0.3 is 0 Å². The number of nitrogens with one attached hydrogen (secondary N) is 1. The number of benzene rings is 1. The van der Waals surface area contributed by atoms with E-state index in [2.05, 4.69) is 10.4 Å². The first-order valence-electron chi connectivity index (χ1n) is 9.60. The first-order valence-corrected chi connectivity index (χ1v) is 10.8. The molecule has 0 atom stereocenters. The van der Waals surface area contributed by atoms with Crippen LogP contribution in [-0.2, 0) is 6.54 Å². The Bertz CT molecular complexity index is 956. The van der Waals surface area contributed by atoms with Crippen molar-refractivity contribution in [1.82, 2.24) is 15.1 Å². The summed E-state index contributed by atoms with van der Waals surface area (Å²) < 4.78 is 1.95. The third kappa shape index (κ3) is 4.04. The van der Waals surface area contributed by atoms with Crippen molar-refractivity contribution < 1.29 is 4.79 Å². The number of fused-ring (bicyclic) bond motifs is 1. The van der Waals surface area contributed by atoms with Crippen molar-refractivity contribution in [2.24, 2.45) is 5.92 Å². The van der Waals surface area contributed by atoms with Gasteiger partial charge in [0.25, 0.3) is 5.91 Å². The topological polar surface area (TPSA) is 46.9 Å². The second-order valence-corrected chi connectivity index (χ2v) is 8.82. The molecule has 1 fully saturated rings. The van der Waals surface area contributed by atoms with Crippen molar-refractivity contribution >= 4 is 39.1 Å². The van der Waals surface area contributed by atoms with Gasteiger partial charge in [0.15, 0.2) is 0 Å². The van der Waals surface area contributed by atoms with Crippen LogP contribution in [0.25, 0.3) is 10.2 Å². The van der Waals surface area contributed by atoms with E-state index in [1.807, 2.05) is 41.9 Å². The number of hydrogen-bond acceptors (Lipinski definition) is 3. The Morgan fingerprint density at radius 2 is 2.07 bits per heavy atom. The van der Waals surface area contributed by atoms with Crippen molar-refractivity contribution in [3.63, 3.8) is 0 Å². The van der Waals surface area contributed by atoms with Crippen LogP contribution in [0.2, 0.25) is 5.02 Å². The fourth-order valence-corrected chi connectivity index (χ4v) is 5.11. The standard InChI is InChI=1S/C21H24ClN3OS/c1-14-17-11-19(20(26)23-12-15-7-3-2-4-8-15)27-21(17)25(24-14)13-16-9-5-6-10-18(16)22/h5-6,9-11,15H,2-4,7-8,12-13H2,1H3,(H,23,26). The highest BCUT2D eigenvalue weighted by Crippen LogP contribution is 2.30. The zero-order valence-electron chi connectivity index (χ0n) is 15.5. The van der Waals surface area contributed by atoms with Gasteiger partial charge < -0.3 is 5.32 Å². The lowest BCUT2D eigenvalue weighted by molar-refractivity contribution is 0.0947. The predicted octanol–water partition coefficient (Wildman–Crippen LogP) is 5.42. The number of carbonyl (C=O) groups is 1. The molecule has 1 aromatic carbocycles. The number of aryl methyl sites for hydroxylation is 1. The lowest BCUT2D eigenvalue weighted by Crippen LogP contribution is -2.29. The van der Waals surface area contributed by atoms with Crippen LogP contribution in [-0.4, -0.2) is 22.2 Å². The van der Waals surface area contributed by atoms with Gasteiger partial charge in [-0.25, -0.2) is 0 Å². The molecule has 1 amide bonds. The van der Waals surface area contributed by atoms with E-state index < -0.39 is 0 Å². The number of nitrogens with zero attached hydrogens (tertiary/aromatic N) is 2. The molecule has 1 aliphatic rings. The van der Waals surface area contributed by atoms with Crippen LogP contribution >= 0.6 is 22.9 Å². The molecule has 27 heavy (non-hydrogen) atoms. The number of carbonyl (C=O) groups excluding carboxylic acids is 1. The molecule has 4 nitrogen and oxygen atoms in total. The molecule has 0 spiro atoms. The minimum absolute atomic E-state index is 0.0328. The average Bonchev–Trinajstić information content (AvgIpc) is 3.24. The summed E-state index contributed by atoms with van der Waals surface area (Å²) in [6.45, 7) is 3.38. The Balaban J connectivity index is 1.51. The molecule has 0 unspecified atom stereocenters. The molecule has 2 heterocycles. The summed E-state index contributed by atoms with van der Waals surface area (Å²) in [5.74, 6) is 0.667. The summed E-state index contributed by atoms with van der Waals surface area (Å²) in [6.07, 6.45) is 6.39. The van der Waals surface area contributed by atoms with E-state index >= 15 is 0 Å². The number of rotatable bonds is 5. The Labute approximate surface area is 168 Å². The molecule has 3 aromatic rings. The van der Waals surface area contributed by atoms with Gasteiger partial charge in [0.05, 0.1) is 17.1 Å². The van der Waals surface area contributed by atoms with Crippen molar-refractivity contribution in [3.8, 4) is 0 Å². The molecule has 0 bridgehead atoms. The molecular weight excluding hydrogens is 378 g/mol. The van der Waals surface area contributed by atoms with Crippen LogP contribution in [0.5, 0.6) is 0 Å². The number of amides is 1. The van der Waals surface area contributed by atoms with Crippen LogP contribution in [0, 0.1) is 12.8 Å². The SMILES string of the molecule is Cc1nn(Cc2ccccc2Cl)c2sc(C(=O)NCC3CCCCC3)cc12. The van der Waals surface area contributed by atoms with Gasteiger partial charge in [-0.15, -0.1) is 11.3 Å². The highest BCUT2D eigenvalue weighted by Gasteiger charge is 2.19. The molecule has 0 radical (unpaired) electrons. The van der Waals surface area contributed by atoms with E-state index in [1.54, 1.807) is 0 Å². The Morgan fingerprint density at radius 3 is 2.85 bits per heavy atom. The third-order valence-corrected chi connectivity index (χ3v) is 6.90. The van der Waals surface area contributed by atoms with E-state index in [0.717, 1.165) is 37.9 Å². The molecule has 4 rings (SSSR count). The molecule has 0 saturated heterocycles. The van der Waals surface area contributed by atoms with Crippen LogP contribution in [0.1, 0.15) is 53.0 Å². The van der Waals surface area contributed by atoms with Crippen LogP contribution in [0.4, 0.5) is 0 Å². The highest BCUT2D eigenvalue weighted by molar-refractivity contribution is 7.20. The summed E-state index contributed by atoms with van der Waals surface area (Å²) in [4.78, 5) is 14.4. The van der Waals surface area contributed by atoms with E-state index in [1.165, 1.54) is 43.4 Å². The highest BCUT2D eigenvalue weighted by atomic mass is 35.5. The average molecular weight is 402 g/mol. The molecule has 0 aliphatic heterocycles. The monoisotopic (exact) mass is 401 g/mol. The Morgan fingerprint density at radius 1 is 1.30 bits per heavy atom. The van der Waals surface area contributed by atoms with Gasteiger partial charge in [-0.3, -0.25) is 9.48 Å². The maximum Gasteiger partial charge on any atom is 0.261 e. The van der Waals surface area contributed by atoms with Gasteiger partial charge in [0.1, 0.15) is 4.83 Å². The predicted molar refractivity (Wildman–Crippen MR) is 112 cm³/mol. The zero-order valence-corrected chi connectivity index (χ0v) is 17.1. The van der Waals surface area contributed by atoms with Gasteiger partial charge in [0.2, 0.25) is 0 Å². The molecular formula is C21H24ClN3OS. The van der Waals surface area contributed by atoms with E-state index in [9.17, 15) is 4.79 Å². The summed E-state index contributed by atoms with van der Waals surface area (Å²) in [5.41, 5.74) is 1.97. The maximum atomic E-state index is 12.6. The zero-order chi connectivity index (χ0) is 18.8. The van der Waals surface area contributed by atoms with Gasteiger partial charge in [-0.05, 0) is 43.4 Å². The second-order valence-electron chi connectivity index (χ2n) is 7.38. The third-order valence-electron chi connectivity index (χ3n) is 5.39. The van der Waals surface area contributed by atoms with Crippen molar-refractivity contribution in [1.29, 1.82) is 0 Å². The minimum Gasteiger partial charge on any atom is -0.351 e. The number of thiophene rings is 1. The quantitative estimate of drug-likeness (QED) is 0.620. The lowest BCUT2D eigenvalue weighted by Gasteiger charge is -2.21. The van der Waals surface area contributed by atoms with E-state index in [-0.39, 0.29) is 5.91 Å². The fraction of sp³-hybridized carbons (Fsp3) is 0.429. The number of halogens is 1. The van der Waals surface area contributed by atoms with Crippen molar-refractivity contribution in [2.45, 2.75) is 45.6 Å². The normalized spacial score (nSPS) is 15.3. The van der Waals surface area contributed by atoms with E-state index in [0.29, 0.717) is 12.5 Å². The Kier molecular flexibility index (Phi) is 5.50. The van der Waals surface area contributed by atoms with Crippen LogP contribution in [0.15, 0.2) is 30.3 Å². The molecule has 2 aromatic heterocycles. The largest absolute Gasteiger partial charge is 0.351 e. The summed E-state index contributed by atoms with van der Waals surface area (Å²) >= 11 is 7.81. The number of hydrogen-bond donors (Lipinski definition) is 1. The van der Waals surface area contributed by atoms with Gasteiger partial charge in [-0.1, -0.05) is 49.1 Å². The lowest BCUT2D eigenvalue weighted by atomic mass is 9.89. The molecule has 6 heteroatoms. The summed E-state index contributed by atoms with van der Waals surface area (Å²) in [5, 5.41) is 9.57. The van der Waals surface area contributed by atoms with Crippen molar-refractivity contribution in [3.05, 3.63) is 51.5 Å². The molecule has 1 saturated carbocycles. The van der Waals surface area contributed by atoms with E-state index in [4.69, 9.17) is 11.6 Å². The fourth-order valence-electron chi connectivity index (χ4n) is 3.84.